The first-order chi connectivity index (χ1) is 7.59. The Labute approximate surface area is 96.4 Å². The molecule has 1 aliphatic rings. The van der Waals surface area contributed by atoms with Gasteiger partial charge in [-0.05, 0) is 31.9 Å². The smallest absolute Gasteiger partial charge is 0.151 e. The number of hydrogen-bond acceptors (Lipinski definition) is 4. The molecule has 1 saturated heterocycles. The van der Waals surface area contributed by atoms with Crippen LogP contribution in [0.1, 0.15) is 18.9 Å². The highest BCUT2D eigenvalue weighted by molar-refractivity contribution is 5.63. The van der Waals surface area contributed by atoms with Crippen molar-refractivity contribution < 1.29 is 4.74 Å². The summed E-state index contributed by atoms with van der Waals surface area (Å²) in [6.07, 6.45) is 3.13. The second-order valence-corrected chi connectivity index (χ2v) is 4.47. The number of nitrogen functional groups attached to an aromatic ring is 1. The van der Waals surface area contributed by atoms with E-state index in [-0.39, 0.29) is 6.10 Å². The number of ether oxygens (including phenoxy) is 1. The van der Waals surface area contributed by atoms with Crippen LogP contribution in [-0.4, -0.2) is 30.8 Å². The lowest BCUT2D eigenvalue weighted by molar-refractivity contribution is 0.118. The summed E-state index contributed by atoms with van der Waals surface area (Å²) >= 11 is 0. The lowest BCUT2D eigenvalue weighted by atomic mass is 10.1. The Morgan fingerprint density at radius 2 is 2.31 bits per heavy atom. The molecule has 4 heteroatoms. The SMILES string of the molecule is Cc1cnc(N(C)C2CCOC2C)c(N)c1. The molecular formula is C12H19N3O. The summed E-state index contributed by atoms with van der Waals surface area (Å²) < 4.78 is 5.56. The van der Waals surface area contributed by atoms with Gasteiger partial charge in [-0.1, -0.05) is 0 Å². The van der Waals surface area contributed by atoms with Crippen LogP contribution in [0.15, 0.2) is 12.3 Å². The van der Waals surface area contributed by atoms with E-state index in [2.05, 4.69) is 16.8 Å². The van der Waals surface area contributed by atoms with Crippen LogP contribution in [0, 0.1) is 6.92 Å². The van der Waals surface area contributed by atoms with E-state index in [1.165, 1.54) is 0 Å². The number of aryl methyl sites for hydroxylation is 1. The highest BCUT2D eigenvalue weighted by Gasteiger charge is 2.29. The number of pyridine rings is 1. The summed E-state index contributed by atoms with van der Waals surface area (Å²) in [5.74, 6) is 0.855. The zero-order valence-electron chi connectivity index (χ0n) is 10.1. The zero-order chi connectivity index (χ0) is 11.7. The summed E-state index contributed by atoms with van der Waals surface area (Å²) in [6, 6.07) is 2.33. The maximum Gasteiger partial charge on any atom is 0.151 e. The van der Waals surface area contributed by atoms with Crippen molar-refractivity contribution in [2.45, 2.75) is 32.4 Å². The Balaban J connectivity index is 2.23. The second-order valence-electron chi connectivity index (χ2n) is 4.47. The number of hydrogen-bond donors (Lipinski definition) is 1. The van der Waals surface area contributed by atoms with Gasteiger partial charge in [-0.25, -0.2) is 4.98 Å². The molecule has 4 nitrogen and oxygen atoms in total. The molecule has 0 radical (unpaired) electrons. The van der Waals surface area contributed by atoms with Crippen molar-refractivity contribution in [2.24, 2.45) is 0 Å². The Bertz CT molecular complexity index is 381. The van der Waals surface area contributed by atoms with Crippen LogP contribution in [0.25, 0.3) is 0 Å². The quantitative estimate of drug-likeness (QED) is 0.824. The van der Waals surface area contributed by atoms with Crippen molar-refractivity contribution in [3.8, 4) is 0 Å². The zero-order valence-corrected chi connectivity index (χ0v) is 10.1. The molecule has 1 fully saturated rings. The first kappa shape index (κ1) is 11.2. The Kier molecular flexibility index (Phi) is 3.01. The summed E-state index contributed by atoms with van der Waals surface area (Å²) in [5, 5.41) is 0. The number of rotatable bonds is 2. The van der Waals surface area contributed by atoms with E-state index in [1.54, 1.807) is 0 Å². The van der Waals surface area contributed by atoms with Gasteiger partial charge in [0, 0.05) is 19.9 Å². The minimum Gasteiger partial charge on any atom is -0.396 e. The highest BCUT2D eigenvalue weighted by atomic mass is 16.5. The van der Waals surface area contributed by atoms with Gasteiger partial charge in [-0.15, -0.1) is 0 Å². The van der Waals surface area contributed by atoms with Crippen molar-refractivity contribution in [3.63, 3.8) is 0 Å². The van der Waals surface area contributed by atoms with Crippen LogP contribution < -0.4 is 10.6 Å². The van der Waals surface area contributed by atoms with Gasteiger partial charge in [0.1, 0.15) is 0 Å². The topological polar surface area (TPSA) is 51.4 Å². The molecule has 2 rings (SSSR count). The molecule has 88 valence electrons. The van der Waals surface area contributed by atoms with Gasteiger partial charge in [0.05, 0.1) is 17.8 Å². The van der Waals surface area contributed by atoms with Gasteiger partial charge < -0.3 is 15.4 Å². The van der Waals surface area contributed by atoms with Crippen LogP contribution in [0.4, 0.5) is 11.5 Å². The van der Waals surface area contributed by atoms with Gasteiger partial charge in [0.25, 0.3) is 0 Å². The molecule has 0 spiro atoms. The Morgan fingerprint density at radius 3 is 2.88 bits per heavy atom. The lowest BCUT2D eigenvalue weighted by Gasteiger charge is -2.28. The van der Waals surface area contributed by atoms with Crippen molar-refractivity contribution >= 4 is 11.5 Å². The number of likely N-dealkylation sites (N-methyl/N-ethyl adjacent to an activating group) is 1. The molecule has 2 unspecified atom stereocenters. The molecule has 1 aromatic rings. The molecule has 16 heavy (non-hydrogen) atoms. The summed E-state index contributed by atoms with van der Waals surface area (Å²) in [5.41, 5.74) is 7.82. The van der Waals surface area contributed by atoms with Crippen LogP contribution in [-0.2, 0) is 4.74 Å². The first-order valence-electron chi connectivity index (χ1n) is 5.66. The lowest BCUT2D eigenvalue weighted by Crippen LogP contribution is -2.37. The van der Waals surface area contributed by atoms with Crippen molar-refractivity contribution in [3.05, 3.63) is 17.8 Å². The van der Waals surface area contributed by atoms with Crippen molar-refractivity contribution in [1.29, 1.82) is 0 Å². The fourth-order valence-electron chi connectivity index (χ4n) is 2.27. The van der Waals surface area contributed by atoms with Gasteiger partial charge in [-0.3, -0.25) is 0 Å². The molecule has 0 aromatic carbocycles. The fraction of sp³-hybridized carbons (Fsp3) is 0.583. The molecule has 2 atom stereocenters. The number of anilines is 2. The first-order valence-corrected chi connectivity index (χ1v) is 5.66. The van der Waals surface area contributed by atoms with Crippen LogP contribution in [0.3, 0.4) is 0 Å². The Morgan fingerprint density at radius 1 is 1.56 bits per heavy atom. The molecule has 2 heterocycles. The minimum absolute atomic E-state index is 0.243. The van der Waals surface area contributed by atoms with Gasteiger partial charge in [0.15, 0.2) is 5.82 Å². The average Bonchev–Trinajstić information content (AvgIpc) is 2.63. The predicted octanol–water partition coefficient (Wildman–Crippen LogP) is 1.59. The summed E-state index contributed by atoms with van der Waals surface area (Å²) in [7, 11) is 2.03. The van der Waals surface area contributed by atoms with Crippen LogP contribution in [0.2, 0.25) is 0 Å². The van der Waals surface area contributed by atoms with Gasteiger partial charge in [0.2, 0.25) is 0 Å². The van der Waals surface area contributed by atoms with Crippen molar-refractivity contribution in [2.75, 3.05) is 24.3 Å². The molecule has 0 aliphatic carbocycles. The molecule has 1 aromatic heterocycles. The van der Waals surface area contributed by atoms with Crippen LogP contribution in [0.5, 0.6) is 0 Å². The molecule has 2 N–H and O–H groups in total. The normalized spacial score (nSPS) is 24.7. The Hall–Kier alpha value is -1.29. The van der Waals surface area contributed by atoms with Gasteiger partial charge in [-0.2, -0.15) is 0 Å². The van der Waals surface area contributed by atoms with E-state index in [4.69, 9.17) is 10.5 Å². The third-order valence-corrected chi connectivity index (χ3v) is 3.20. The number of aromatic nitrogens is 1. The van der Waals surface area contributed by atoms with Gasteiger partial charge >= 0.3 is 0 Å². The minimum atomic E-state index is 0.243. The van der Waals surface area contributed by atoms with E-state index in [1.807, 2.05) is 26.2 Å². The third kappa shape index (κ3) is 1.97. The van der Waals surface area contributed by atoms with Crippen molar-refractivity contribution in [1.82, 2.24) is 4.98 Å². The summed E-state index contributed by atoms with van der Waals surface area (Å²) in [6.45, 7) is 4.91. The standard InChI is InChI=1S/C12H19N3O/c1-8-6-10(13)12(14-7-8)15(3)11-4-5-16-9(11)2/h6-7,9,11H,4-5,13H2,1-3H3. The maximum absolute atomic E-state index is 5.99. The summed E-state index contributed by atoms with van der Waals surface area (Å²) in [4.78, 5) is 6.53. The van der Waals surface area contributed by atoms with E-state index in [0.29, 0.717) is 6.04 Å². The molecule has 0 bridgehead atoms. The van der Waals surface area contributed by atoms with E-state index in [0.717, 1.165) is 30.1 Å². The third-order valence-electron chi connectivity index (χ3n) is 3.20. The second kappa shape index (κ2) is 4.29. The average molecular weight is 221 g/mol. The molecule has 0 saturated carbocycles. The maximum atomic E-state index is 5.99. The molecular weight excluding hydrogens is 202 g/mol. The molecule has 0 amide bonds. The van der Waals surface area contributed by atoms with E-state index < -0.39 is 0 Å². The number of nitrogens with zero attached hydrogens (tertiary/aromatic N) is 2. The van der Waals surface area contributed by atoms with Crippen LogP contribution >= 0.6 is 0 Å². The fourth-order valence-corrected chi connectivity index (χ4v) is 2.27. The largest absolute Gasteiger partial charge is 0.396 e. The monoisotopic (exact) mass is 221 g/mol. The van der Waals surface area contributed by atoms with E-state index in [9.17, 15) is 0 Å². The van der Waals surface area contributed by atoms with E-state index >= 15 is 0 Å². The predicted molar refractivity (Wildman–Crippen MR) is 65.6 cm³/mol. The molecule has 1 aliphatic heterocycles. The number of nitrogens with two attached hydrogens (primary N) is 1. The highest BCUT2D eigenvalue weighted by Crippen LogP contribution is 2.27.